The first kappa shape index (κ1) is 20.9. The van der Waals surface area contributed by atoms with Gasteiger partial charge < -0.3 is 21.1 Å². The van der Waals surface area contributed by atoms with Crippen molar-refractivity contribution in [1.82, 2.24) is 15.3 Å². The first-order valence-corrected chi connectivity index (χ1v) is 10.6. The number of nitrogens with zero attached hydrogens (tertiary/aromatic N) is 2. The molecule has 0 saturated heterocycles. The van der Waals surface area contributed by atoms with Crippen molar-refractivity contribution < 1.29 is 9.53 Å². The van der Waals surface area contributed by atoms with Gasteiger partial charge in [0, 0.05) is 35.6 Å². The number of hydrogen-bond acceptors (Lipinski definition) is 7. The quantitative estimate of drug-likeness (QED) is 0.443. The molecule has 2 aromatic rings. The maximum absolute atomic E-state index is 11.0. The topological polar surface area (TPSA) is 102 Å². The fourth-order valence-corrected chi connectivity index (χ4v) is 3.41. The SMILES string of the molecule is CCC1(NCc2cnc(SC)nc2Nc2cccc(OC(N)=O)c2)C=CC=CC1. The van der Waals surface area contributed by atoms with Crippen LogP contribution in [0, 0.1) is 0 Å². The number of allylic oxidation sites excluding steroid dienone is 2. The Bertz CT molecular complexity index is 931. The van der Waals surface area contributed by atoms with E-state index in [-0.39, 0.29) is 5.54 Å². The predicted molar refractivity (Wildman–Crippen MR) is 117 cm³/mol. The van der Waals surface area contributed by atoms with Crippen LogP contribution >= 0.6 is 11.8 Å². The van der Waals surface area contributed by atoms with Crippen molar-refractivity contribution in [2.75, 3.05) is 11.6 Å². The summed E-state index contributed by atoms with van der Waals surface area (Å²) in [5, 5.41) is 7.63. The molecule has 8 heteroatoms. The summed E-state index contributed by atoms with van der Waals surface area (Å²) in [7, 11) is 0. The maximum atomic E-state index is 11.0. The molecule has 7 nitrogen and oxygen atoms in total. The van der Waals surface area contributed by atoms with Crippen LogP contribution < -0.4 is 21.1 Å². The molecule has 0 fully saturated rings. The molecule has 1 aliphatic rings. The highest BCUT2D eigenvalue weighted by molar-refractivity contribution is 7.98. The van der Waals surface area contributed by atoms with Gasteiger partial charge in [-0.1, -0.05) is 49.1 Å². The minimum absolute atomic E-state index is 0.0700. The lowest BCUT2D eigenvalue weighted by Gasteiger charge is -2.31. The summed E-state index contributed by atoms with van der Waals surface area (Å²) in [4.78, 5) is 20.1. The van der Waals surface area contributed by atoms with E-state index >= 15 is 0 Å². The van der Waals surface area contributed by atoms with Crippen LogP contribution in [0.25, 0.3) is 0 Å². The van der Waals surface area contributed by atoms with Crippen LogP contribution in [-0.2, 0) is 6.54 Å². The zero-order valence-electron chi connectivity index (χ0n) is 16.5. The van der Waals surface area contributed by atoms with E-state index in [0.29, 0.717) is 23.3 Å². The third kappa shape index (κ3) is 5.58. The van der Waals surface area contributed by atoms with E-state index in [2.05, 4.69) is 51.8 Å². The number of ether oxygens (including phenoxy) is 1. The largest absolute Gasteiger partial charge is 0.410 e. The molecule has 0 aliphatic heterocycles. The van der Waals surface area contributed by atoms with Crippen LogP contribution in [0.2, 0.25) is 0 Å². The van der Waals surface area contributed by atoms with Gasteiger partial charge >= 0.3 is 6.09 Å². The third-order valence-electron chi connectivity index (χ3n) is 4.75. The second-order valence-electron chi connectivity index (χ2n) is 6.66. The number of carbonyl (C=O) groups excluding carboxylic acids is 1. The molecule has 3 rings (SSSR count). The smallest absolute Gasteiger partial charge is 0.409 e. The van der Waals surface area contributed by atoms with E-state index in [9.17, 15) is 4.79 Å². The fourth-order valence-electron chi connectivity index (χ4n) is 3.07. The Kier molecular flexibility index (Phi) is 6.90. The van der Waals surface area contributed by atoms with Gasteiger partial charge in [-0.2, -0.15) is 0 Å². The van der Waals surface area contributed by atoms with Gasteiger partial charge in [0.1, 0.15) is 11.6 Å². The van der Waals surface area contributed by atoms with Crippen LogP contribution in [-0.4, -0.2) is 27.9 Å². The molecule has 0 bridgehead atoms. The molecule has 1 aromatic heterocycles. The second kappa shape index (κ2) is 9.58. The third-order valence-corrected chi connectivity index (χ3v) is 5.31. The molecule has 1 aromatic carbocycles. The lowest BCUT2D eigenvalue weighted by atomic mass is 9.88. The van der Waals surface area contributed by atoms with Gasteiger partial charge in [-0.3, -0.25) is 0 Å². The molecule has 1 unspecified atom stereocenters. The van der Waals surface area contributed by atoms with Crippen molar-refractivity contribution in [2.45, 2.75) is 37.0 Å². The van der Waals surface area contributed by atoms with Gasteiger partial charge in [-0.05, 0) is 31.2 Å². The van der Waals surface area contributed by atoms with Crippen LogP contribution in [0.15, 0.2) is 59.9 Å². The summed E-state index contributed by atoms with van der Waals surface area (Å²) >= 11 is 1.47. The van der Waals surface area contributed by atoms with Gasteiger partial charge in [0.05, 0.1) is 0 Å². The number of nitrogens with two attached hydrogens (primary N) is 1. The predicted octanol–water partition coefficient (Wildman–Crippen LogP) is 4.15. The molecule has 152 valence electrons. The normalized spacial score (nSPS) is 17.9. The fraction of sp³-hybridized carbons (Fsp3) is 0.286. The number of hydrogen-bond donors (Lipinski definition) is 3. The monoisotopic (exact) mass is 411 g/mol. The number of thioether (sulfide) groups is 1. The van der Waals surface area contributed by atoms with Gasteiger partial charge in [-0.25, -0.2) is 14.8 Å². The standard InChI is InChI=1S/C21H25N5O2S/c1-3-21(10-5-4-6-11-21)24-14-15-13-23-20(29-2)26-18(15)25-16-8-7-9-17(12-16)28-19(22)27/h4-10,12-13,24H,3,11,14H2,1-2H3,(H2,22,27)(H,23,25,26). The van der Waals surface area contributed by atoms with Gasteiger partial charge in [-0.15, -0.1) is 0 Å². The van der Waals surface area contributed by atoms with Gasteiger partial charge in [0.15, 0.2) is 5.16 Å². The Morgan fingerprint density at radius 1 is 1.38 bits per heavy atom. The summed E-state index contributed by atoms with van der Waals surface area (Å²) in [6.45, 7) is 2.79. The molecular weight excluding hydrogens is 386 g/mol. The number of amides is 1. The van der Waals surface area contributed by atoms with Crippen LogP contribution in [0.4, 0.5) is 16.3 Å². The lowest BCUT2D eigenvalue weighted by molar-refractivity contribution is 0.211. The number of nitrogens with one attached hydrogen (secondary N) is 2. The van der Waals surface area contributed by atoms with Crippen molar-refractivity contribution in [1.29, 1.82) is 0 Å². The maximum Gasteiger partial charge on any atom is 0.409 e. The highest BCUT2D eigenvalue weighted by Gasteiger charge is 2.24. The van der Waals surface area contributed by atoms with E-state index in [0.717, 1.165) is 24.1 Å². The Labute approximate surface area is 174 Å². The minimum atomic E-state index is -0.849. The van der Waals surface area contributed by atoms with Crippen LogP contribution in [0.5, 0.6) is 5.75 Å². The molecule has 29 heavy (non-hydrogen) atoms. The summed E-state index contributed by atoms with van der Waals surface area (Å²) < 4.78 is 4.96. The number of rotatable bonds is 8. The molecule has 1 amide bonds. The zero-order valence-corrected chi connectivity index (χ0v) is 17.3. The second-order valence-corrected chi connectivity index (χ2v) is 7.43. The Morgan fingerprint density at radius 3 is 2.93 bits per heavy atom. The summed E-state index contributed by atoms with van der Waals surface area (Å²) in [6.07, 6.45) is 13.4. The van der Waals surface area contributed by atoms with Crippen LogP contribution in [0.1, 0.15) is 25.3 Å². The highest BCUT2D eigenvalue weighted by atomic mass is 32.2. The molecule has 0 spiro atoms. The van der Waals surface area contributed by atoms with Crippen molar-refractivity contribution in [3.05, 3.63) is 60.3 Å². The van der Waals surface area contributed by atoms with E-state index in [1.165, 1.54) is 11.8 Å². The van der Waals surface area contributed by atoms with Crippen molar-refractivity contribution in [2.24, 2.45) is 5.73 Å². The molecule has 1 aliphatic carbocycles. The summed E-state index contributed by atoms with van der Waals surface area (Å²) in [5.41, 5.74) is 6.71. The number of anilines is 2. The van der Waals surface area contributed by atoms with Gasteiger partial charge in [0.25, 0.3) is 0 Å². The zero-order chi connectivity index (χ0) is 20.7. The number of carbonyl (C=O) groups is 1. The molecule has 1 heterocycles. The molecule has 0 radical (unpaired) electrons. The molecular formula is C21H25N5O2S. The molecule has 1 atom stereocenters. The Balaban J connectivity index is 1.81. The van der Waals surface area contributed by atoms with Crippen molar-refractivity contribution in [3.63, 3.8) is 0 Å². The Morgan fingerprint density at radius 2 is 2.24 bits per heavy atom. The van der Waals surface area contributed by atoms with Crippen molar-refractivity contribution in [3.8, 4) is 5.75 Å². The summed E-state index contributed by atoms with van der Waals surface area (Å²) in [5.74, 6) is 1.07. The summed E-state index contributed by atoms with van der Waals surface area (Å²) in [6, 6.07) is 7.01. The van der Waals surface area contributed by atoms with E-state index in [1.807, 2.05) is 18.5 Å². The van der Waals surface area contributed by atoms with E-state index in [1.54, 1.807) is 18.2 Å². The molecule has 4 N–H and O–H groups in total. The van der Waals surface area contributed by atoms with Crippen LogP contribution in [0.3, 0.4) is 0 Å². The number of primary amides is 1. The molecule has 0 saturated carbocycles. The first-order valence-electron chi connectivity index (χ1n) is 9.37. The number of aromatic nitrogens is 2. The van der Waals surface area contributed by atoms with E-state index < -0.39 is 6.09 Å². The minimum Gasteiger partial charge on any atom is -0.410 e. The Hall–Kier alpha value is -2.84. The van der Waals surface area contributed by atoms with Crippen molar-refractivity contribution >= 4 is 29.4 Å². The first-order chi connectivity index (χ1) is 14.0. The van der Waals surface area contributed by atoms with Gasteiger partial charge in [0.2, 0.25) is 0 Å². The average Bonchev–Trinajstić information content (AvgIpc) is 2.73. The highest BCUT2D eigenvalue weighted by Crippen LogP contribution is 2.26. The van der Waals surface area contributed by atoms with E-state index in [4.69, 9.17) is 10.5 Å². The lowest BCUT2D eigenvalue weighted by Crippen LogP contribution is -2.42. The number of benzene rings is 1. The average molecular weight is 412 g/mol.